The number of hydrogen-bond acceptors (Lipinski definition) is 5. The molecule has 1 heterocycles. The fourth-order valence-corrected chi connectivity index (χ4v) is 6.07. The normalized spacial score (nSPS) is 15.3. The number of nitrogens with zero attached hydrogens (tertiary/aromatic N) is 3. The number of hydrogen-bond donors (Lipinski definition) is 1. The van der Waals surface area contributed by atoms with Gasteiger partial charge in [-0.15, -0.1) is 0 Å². The number of rotatable bonds is 7. The number of aromatic nitrogens is 2. The average Bonchev–Trinajstić information content (AvgIpc) is 3.03. The minimum atomic E-state index is -3.59. The van der Waals surface area contributed by atoms with E-state index in [1.807, 2.05) is 20.8 Å². The highest BCUT2D eigenvalue weighted by Gasteiger charge is 2.23. The zero-order valence-corrected chi connectivity index (χ0v) is 21.5. The minimum absolute atomic E-state index is 0.174. The maximum atomic E-state index is 12.8. The second kappa shape index (κ2) is 9.97. The van der Waals surface area contributed by atoms with Gasteiger partial charge in [0.1, 0.15) is 0 Å². The third-order valence-corrected chi connectivity index (χ3v) is 9.07. The smallest absolute Gasteiger partial charge is 0.242 e. The molecule has 1 aromatic carbocycles. The van der Waals surface area contributed by atoms with Crippen LogP contribution in [0.3, 0.4) is 0 Å². The third kappa shape index (κ3) is 5.21. The molecule has 1 aliphatic carbocycles. The topological polar surface area (TPSA) is 84.3 Å². The van der Waals surface area contributed by atoms with Crippen LogP contribution in [0, 0.1) is 27.7 Å². The summed E-state index contributed by atoms with van der Waals surface area (Å²) in [5, 5.41) is 3.80. The second-order valence-electron chi connectivity index (χ2n) is 8.76. The van der Waals surface area contributed by atoms with E-state index >= 15 is 0 Å². The monoisotopic (exact) mass is 478 g/mol. The molecule has 1 aliphatic rings. The van der Waals surface area contributed by atoms with Gasteiger partial charge in [0.2, 0.25) is 15.9 Å². The molecule has 2 aromatic rings. The molecule has 0 atom stereocenters. The number of anilines is 1. The van der Waals surface area contributed by atoms with E-state index in [1.54, 1.807) is 6.07 Å². The molecule has 176 valence electrons. The summed E-state index contributed by atoms with van der Waals surface area (Å²) in [6, 6.07) is 3.63. The predicted molar refractivity (Wildman–Crippen MR) is 130 cm³/mol. The van der Waals surface area contributed by atoms with Gasteiger partial charge in [-0.05, 0) is 63.8 Å². The first-order valence-electron chi connectivity index (χ1n) is 11.0. The van der Waals surface area contributed by atoms with Crippen molar-refractivity contribution >= 4 is 33.4 Å². The van der Waals surface area contributed by atoms with Crippen LogP contribution in [-0.4, -0.2) is 48.0 Å². The predicted octanol–water partition coefficient (Wildman–Crippen LogP) is 4.60. The number of aryl methyl sites for hydroxylation is 2. The molecular weight excluding hydrogens is 444 g/mol. The summed E-state index contributed by atoms with van der Waals surface area (Å²) < 4.78 is 28.6. The maximum absolute atomic E-state index is 12.8. The van der Waals surface area contributed by atoms with E-state index in [1.165, 1.54) is 61.2 Å². The molecule has 0 radical (unpaired) electrons. The standard InChI is InChI=1S/C23H34N4O3S2/c1-15-12-20(32(29,30)26(5)6)13-21(16(15)2)25-22(28)14-31-23-24-17(3)18(4)27(23)19-10-8-7-9-11-19/h12-13,19H,7-11,14H2,1-6H3,(H,25,28). The molecule has 1 aromatic heterocycles. The number of benzene rings is 1. The molecule has 0 unspecified atom stereocenters. The summed E-state index contributed by atoms with van der Waals surface area (Å²) in [7, 11) is -0.591. The van der Waals surface area contributed by atoms with E-state index in [0.717, 1.165) is 34.8 Å². The third-order valence-electron chi connectivity index (χ3n) is 6.32. The van der Waals surface area contributed by atoms with Gasteiger partial charge < -0.3 is 9.88 Å². The van der Waals surface area contributed by atoms with E-state index in [4.69, 9.17) is 4.98 Å². The molecule has 0 bridgehead atoms. The molecule has 9 heteroatoms. The zero-order chi connectivity index (χ0) is 23.6. The van der Waals surface area contributed by atoms with Crippen molar-refractivity contribution in [1.29, 1.82) is 0 Å². The summed E-state index contributed by atoms with van der Waals surface area (Å²) >= 11 is 1.44. The number of carbonyl (C=O) groups excluding carboxylic acids is 1. The van der Waals surface area contributed by atoms with Gasteiger partial charge in [0.05, 0.1) is 16.3 Å². The SMILES string of the molecule is Cc1cc(S(=O)(=O)N(C)C)cc(NC(=O)CSc2nc(C)c(C)n2C2CCCCC2)c1C. The van der Waals surface area contributed by atoms with Crippen LogP contribution >= 0.6 is 11.8 Å². The largest absolute Gasteiger partial charge is 0.325 e. The molecule has 32 heavy (non-hydrogen) atoms. The Morgan fingerprint density at radius 3 is 2.44 bits per heavy atom. The first-order valence-corrected chi connectivity index (χ1v) is 13.5. The highest BCUT2D eigenvalue weighted by Crippen LogP contribution is 2.34. The van der Waals surface area contributed by atoms with Crippen molar-refractivity contribution in [3.8, 4) is 0 Å². The Kier molecular flexibility index (Phi) is 7.73. The number of carbonyl (C=O) groups is 1. The molecule has 3 rings (SSSR count). The van der Waals surface area contributed by atoms with Crippen LogP contribution in [-0.2, 0) is 14.8 Å². The summed E-state index contributed by atoms with van der Waals surface area (Å²) in [6.07, 6.45) is 6.06. The molecule has 7 nitrogen and oxygen atoms in total. The Hall–Kier alpha value is -1.84. The summed E-state index contributed by atoms with van der Waals surface area (Å²) in [4.78, 5) is 17.7. The van der Waals surface area contributed by atoms with Crippen molar-refractivity contribution in [2.45, 2.75) is 75.9 Å². The van der Waals surface area contributed by atoms with Gasteiger partial charge in [0.25, 0.3) is 0 Å². The molecule has 1 N–H and O–H groups in total. The lowest BCUT2D eigenvalue weighted by Gasteiger charge is -2.26. The quantitative estimate of drug-likeness (QED) is 0.588. The van der Waals surface area contributed by atoms with Crippen molar-refractivity contribution in [1.82, 2.24) is 13.9 Å². The average molecular weight is 479 g/mol. The summed E-state index contributed by atoms with van der Waals surface area (Å²) in [5.41, 5.74) is 4.38. The Morgan fingerprint density at radius 2 is 1.81 bits per heavy atom. The lowest BCUT2D eigenvalue weighted by Crippen LogP contribution is -2.23. The van der Waals surface area contributed by atoms with E-state index in [2.05, 4.69) is 16.8 Å². The number of nitrogens with one attached hydrogen (secondary N) is 1. The van der Waals surface area contributed by atoms with Crippen molar-refractivity contribution in [3.63, 3.8) is 0 Å². The van der Waals surface area contributed by atoms with Crippen LogP contribution in [0.4, 0.5) is 5.69 Å². The second-order valence-corrected chi connectivity index (χ2v) is 11.9. The van der Waals surface area contributed by atoms with E-state index in [-0.39, 0.29) is 16.6 Å². The highest BCUT2D eigenvalue weighted by molar-refractivity contribution is 7.99. The van der Waals surface area contributed by atoms with Crippen LogP contribution in [0.15, 0.2) is 22.2 Å². The molecule has 0 saturated heterocycles. The molecule has 0 aliphatic heterocycles. The zero-order valence-electron chi connectivity index (χ0n) is 19.9. The molecule has 1 amide bonds. The lowest BCUT2D eigenvalue weighted by molar-refractivity contribution is -0.113. The van der Waals surface area contributed by atoms with Crippen LogP contribution in [0.5, 0.6) is 0 Å². The van der Waals surface area contributed by atoms with Gasteiger partial charge >= 0.3 is 0 Å². The first kappa shape index (κ1) is 24.8. The van der Waals surface area contributed by atoms with Gasteiger partial charge in [-0.2, -0.15) is 0 Å². The van der Waals surface area contributed by atoms with Crippen LogP contribution in [0.2, 0.25) is 0 Å². The fraction of sp³-hybridized carbons (Fsp3) is 0.565. The number of thioether (sulfide) groups is 1. The lowest BCUT2D eigenvalue weighted by atomic mass is 9.95. The maximum Gasteiger partial charge on any atom is 0.242 e. The summed E-state index contributed by atoms with van der Waals surface area (Å²) in [6.45, 7) is 7.85. The van der Waals surface area contributed by atoms with Crippen molar-refractivity contribution in [2.75, 3.05) is 25.2 Å². The van der Waals surface area contributed by atoms with Crippen molar-refractivity contribution in [2.24, 2.45) is 0 Å². The van der Waals surface area contributed by atoms with Crippen LogP contribution in [0.1, 0.15) is 60.7 Å². The Labute approximate surface area is 196 Å². The van der Waals surface area contributed by atoms with Crippen molar-refractivity contribution in [3.05, 3.63) is 34.6 Å². The van der Waals surface area contributed by atoms with E-state index in [0.29, 0.717) is 11.7 Å². The van der Waals surface area contributed by atoms with Gasteiger partial charge in [-0.25, -0.2) is 17.7 Å². The van der Waals surface area contributed by atoms with Crippen LogP contribution in [0.25, 0.3) is 0 Å². The fourth-order valence-electron chi connectivity index (χ4n) is 4.10. The minimum Gasteiger partial charge on any atom is -0.325 e. The summed E-state index contributed by atoms with van der Waals surface area (Å²) in [5.74, 6) is 0.0385. The number of amides is 1. The molecule has 0 spiro atoms. The Bertz CT molecular complexity index is 1100. The number of imidazole rings is 1. The number of sulfonamides is 1. The highest BCUT2D eigenvalue weighted by atomic mass is 32.2. The molecular formula is C23H34N4O3S2. The molecule has 1 fully saturated rings. The van der Waals surface area contributed by atoms with Gasteiger partial charge in [-0.3, -0.25) is 4.79 Å². The Balaban J connectivity index is 1.76. The van der Waals surface area contributed by atoms with Crippen LogP contribution < -0.4 is 5.32 Å². The van der Waals surface area contributed by atoms with E-state index < -0.39 is 10.0 Å². The van der Waals surface area contributed by atoms with Crippen molar-refractivity contribution < 1.29 is 13.2 Å². The van der Waals surface area contributed by atoms with Gasteiger partial charge in [-0.1, -0.05) is 31.0 Å². The Morgan fingerprint density at radius 1 is 1.16 bits per heavy atom. The van der Waals surface area contributed by atoms with Gasteiger partial charge in [0, 0.05) is 31.5 Å². The van der Waals surface area contributed by atoms with Gasteiger partial charge in [0.15, 0.2) is 5.16 Å². The first-order chi connectivity index (χ1) is 15.0. The van der Waals surface area contributed by atoms with E-state index in [9.17, 15) is 13.2 Å². The molecule has 1 saturated carbocycles.